The topological polar surface area (TPSA) is 84.2 Å². The Hall–Kier alpha value is -3.48. The molecule has 3 aromatic rings. The van der Waals surface area contributed by atoms with E-state index in [1.165, 1.54) is 6.26 Å². The lowest BCUT2D eigenvalue weighted by Crippen LogP contribution is -2.26. The summed E-state index contributed by atoms with van der Waals surface area (Å²) in [5.74, 6) is 1.19. The highest BCUT2D eigenvalue weighted by molar-refractivity contribution is 5.79. The van der Waals surface area contributed by atoms with Crippen LogP contribution in [0.1, 0.15) is 26.7 Å². The van der Waals surface area contributed by atoms with E-state index in [2.05, 4.69) is 0 Å². The van der Waals surface area contributed by atoms with Gasteiger partial charge in [0.15, 0.2) is 6.10 Å². The van der Waals surface area contributed by atoms with Crippen molar-refractivity contribution in [2.45, 2.75) is 32.8 Å². The number of esters is 1. The van der Waals surface area contributed by atoms with Crippen molar-refractivity contribution in [3.8, 4) is 23.0 Å². The molecule has 1 heterocycles. The highest BCUT2D eigenvalue weighted by Crippen LogP contribution is 2.25. The number of benzene rings is 2. The zero-order chi connectivity index (χ0) is 21.5. The summed E-state index contributed by atoms with van der Waals surface area (Å²) in [6, 6.07) is 11.6. The average molecular weight is 412 g/mol. The van der Waals surface area contributed by atoms with Gasteiger partial charge >= 0.3 is 5.97 Å². The van der Waals surface area contributed by atoms with Gasteiger partial charge in [0.1, 0.15) is 29.1 Å². The second kappa shape index (κ2) is 9.82. The molecule has 1 unspecified atom stereocenters. The van der Waals surface area contributed by atoms with Gasteiger partial charge in [-0.1, -0.05) is 13.3 Å². The molecule has 1 atom stereocenters. The molecule has 0 aliphatic heterocycles. The van der Waals surface area contributed by atoms with Gasteiger partial charge in [0.2, 0.25) is 11.2 Å². The van der Waals surface area contributed by atoms with Crippen LogP contribution in [0.3, 0.4) is 0 Å². The Morgan fingerprint density at radius 3 is 2.47 bits per heavy atom. The summed E-state index contributed by atoms with van der Waals surface area (Å²) >= 11 is 0. The molecular formula is C23H24O7. The fraction of sp³-hybridized carbons (Fsp3) is 0.304. The molecule has 7 heteroatoms. The molecule has 0 aliphatic carbocycles. The molecule has 158 valence electrons. The molecule has 30 heavy (non-hydrogen) atoms. The smallest absolute Gasteiger partial charge is 0.347 e. The van der Waals surface area contributed by atoms with E-state index in [1.54, 1.807) is 56.5 Å². The van der Waals surface area contributed by atoms with E-state index in [-0.39, 0.29) is 11.2 Å². The Morgan fingerprint density at radius 1 is 1.07 bits per heavy atom. The molecular weight excluding hydrogens is 388 g/mol. The second-order valence-corrected chi connectivity index (χ2v) is 6.65. The number of ether oxygens (including phenoxy) is 4. The molecule has 0 bridgehead atoms. The van der Waals surface area contributed by atoms with Gasteiger partial charge in [-0.25, -0.2) is 4.79 Å². The summed E-state index contributed by atoms with van der Waals surface area (Å²) in [5.41, 5.74) is 0.0109. The Labute approximate surface area is 174 Å². The SMILES string of the molecule is CCCCOC(=O)C(C)Oc1ccc2c(=O)c(Oc3ccc(OC)cc3)coc2c1. The molecule has 0 radical (unpaired) electrons. The van der Waals surface area contributed by atoms with Gasteiger partial charge in [-0.15, -0.1) is 0 Å². The van der Waals surface area contributed by atoms with Crippen LogP contribution in [-0.2, 0) is 9.53 Å². The van der Waals surface area contributed by atoms with Crippen molar-refractivity contribution in [3.05, 3.63) is 59.0 Å². The number of unbranched alkanes of at least 4 members (excludes halogenated alkanes) is 1. The van der Waals surface area contributed by atoms with Crippen molar-refractivity contribution < 1.29 is 28.2 Å². The minimum absolute atomic E-state index is 0.0641. The van der Waals surface area contributed by atoms with Crippen LogP contribution in [0.15, 0.2) is 57.9 Å². The Bertz CT molecular complexity index is 1050. The van der Waals surface area contributed by atoms with Crippen LogP contribution in [0.25, 0.3) is 11.0 Å². The minimum Gasteiger partial charge on any atom is -0.497 e. The molecule has 1 aromatic heterocycles. The first-order valence-electron chi connectivity index (χ1n) is 9.72. The van der Waals surface area contributed by atoms with Gasteiger partial charge < -0.3 is 23.4 Å². The predicted molar refractivity (Wildman–Crippen MR) is 112 cm³/mol. The highest BCUT2D eigenvalue weighted by atomic mass is 16.6. The normalized spacial score (nSPS) is 11.7. The first-order chi connectivity index (χ1) is 14.5. The molecule has 0 amide bonds. The number of hydrogen-bond donors (Lipinski definition) is 0. The molecule has 0 saturated heterocycles. The van der Waals surface area contributed by atoms with Crippen molar-refractivity contribution in [2.24, 2.45) is 0 Å². The number of methoxy groups -OCH3 is 1. The van der Waals surface area contributed by atoms with E-state index < -0.39 is 12.1 Å². The predicted octanol–water partition coefficient (Wildman–Crippen LogP) is 4.70. The lowest BCUT2D eigenvalue weighted by Gasteiger charge is -2.14. The molecule has 2 aromatic carbocycles. The lowest BCUT2D eigenvalue weighted by molar-refractivity contribution is -0.151. The van der Waals surface area contributed by atoms with Crippen molar-refractivity contribution in [3.63, 3.8) is 0 Å². The fourth-order valence-electron chi connectivity index (χ4n) is 2.69. The average Bonchev–Trinajstić information content (AvgIpc) is 2.76. The number of carbonyl (C=O) groups excluding carboxylic acids is 1. The Balaban J connectivity index is 1.73. The number of fused-ring (bicyclic) bond motifs is 1. The monoisotopic (exact) mass is 412 g/mol. The third-order valence-corrected chi connectivity index (χ3v) is 4.39. The third-order valence-electron chi connectivity index (χ3n) is 4.39. The fourth-order valence-corrected chi connectivity index (χ4v) is 2.69. The minimum atomic E-state index is -0.774. The van der Waals surface area contributed by atoms with Crippen molar-refractivity contribution in [2.75, 3.05) is 13.7 Å². The van der Waals surface area contributed by atoms with Crippen molar-refractivity contribution >= 4 is 16.9 Å². The number of rotatable bonds is 9. The van der Waals surface area contributed by atoms with Crippen molar-refractivity contribution in [1.82, 2.24) is 0 Å². The maximum atomic E-state index is 12.7. The van der Waals surface area contributed by atoms with E-state index in [9.17, 15) is 9.59 Å². The largest absolute Gasteiger partial charge is 0.497 e. The van der Waals surface area contributed by atoms with E-state index in [1.807, 2.05) is 6.92 Å². The van der Waals surface area contributed by atoms with Crippen LogP contribution in [0.2, 0.25) is 0 Å². The van der Waals surface area contributed by atoms with Crippen LogP contribution in [0.4, 0.5) is 0 Å². The van der Waals surface area contributed by atoms with Crippen LogP contribution >= 0.6 is 0 Å². The Morgan fingerprint density at radius 2 is 1.77 bits per heavy atom. The third kappa shape index (κ3) is 5.11. The lowest BCUT2D eigenvalue weighted by atomic mass is 10.2. The van der Waals surface area contributed by atoms with Gasteiger partial charge in [0.05, 0.1) is 19.1 Å². The first kappa shape index (κ1) is 21.2. The summed E-state index contributed by atoms with van der Waals surface area (Å²) in [6.07, 6.45) is 2.22. The summed E-state index contributed by atoms with van der Waals surface area (Å²) in [7, 11) is 1.57. The van der Waals surface area contributed by atoms with Gasteiger partial charge in [0.25, 0.3) is 0 Å². The van der Waals surface area contributed by atoms with Gasteiger partial charge in [-0.05, 0) is 49.7 Å². The molecule has 7 nitrogen and oxygen atoms in total. The zero-order valence-electron chi connectivity index (χ0n) is 17.2. The maximum absolute atomic E-state index is 12.7. The van der Waals surface area contributed by atoms with Gasteiger partial charge in [-0.2, -0.15) is 0 Å². The summed E-state index contributed by atoms with van der Waals surface area (Å²) in [4.78, 5) is 24.7. The molecule has 0 fully saturated rings. The van der Waals surface area contributed by atoms with Crippen LogP contribution < -0.4 is 19.6 Å². The number of hydrogen-bond acceptors (Lipinski definition) is 7. The van der Waals surface area contributed by atoms with E-state index in [0.717, 1.165) is 12.8 Å². The molecule has 0 spiro atoms. The quantitative estimate of drug-likeness (QED) is 0.372. The van der Waals surface area contributed by atoms with E-state index >= 15 is 0 Å². The van der Waals surface area contributed by atoms with Crippen molar-refractivity contribution in [1.29, 1.82) is 0 Å². The summed E-state index contributed by atoms with van der Waals surface area (Å²) in [6.45, 7) is 4.00. The highest BCUT2D eigenvalue weighted by Gasteiger charge is 2.17. The summed E-state index contributed by atoms with van der Waals surface area (Å²) in [5, 5.41) is 0.339. The van der Waals surface area contributed by atoms with Crippen LogP contribution in [0, 0.1) is 0 Å². The van der Waals surface area contributed by atoms with Gasteiger partial charge in [0, 0.05) is 6.07 Å². The molecule has 0 aliphatic rings. The second-order valence-electron chi connectivity index (χ2n) is 6.65. The van der Waals surface area contributed by atoms with E-state index in [4.69, 9.17) is 23.4 Å². The summed E-state index contributed by atoms with van der Waals surface area (Å²) < 4.78 is 27.1. The van der Waals surface area contributed by atoms with Gasteiger partial charge in [-0.3, -0.25) is 4.79 Å². The Kier molecular flexibility index (Phi) is 6.95. The zero-order valence-corrected chi connectivity index (χ0v) is 17.2. The van der Waals surface area contributed by atoms with E-state index in [0.29, 0.717) is 34.8 Å². The standard InChI is InChI=1S/C23H24O7/c1-4-5-12-27-23(25)15(2)29-18-10-11-19-20(13-18)28-14-21(22(19)24)30-17-8-6-16(26-3)7-9-17/h6-11,13-15H,4-5,12H2,1-3H3. The van der Waals surface area contributed by atoms with Crippen LogP contribution in [0.5, 0.6) is 23.0 Å². The molecule has 3 rings (SSSR count). The maximum Gasteiger partial charge on any atom is 0.347 e. The first-order valence-corrected chi connectivity index (χ1v) is 9.72. The number of carbonyl (C=O) groups is 1. The molecule has 0 N–H and O–H groups in total. The van der Waals surface area contributed by atoms with Crippen LogP contribution in [-0.4, -0.2) is 25.8 Å². The molecule has 0 saturated carbocycles.